The van der Waals surface area contributed by atoms with Crippen molar-refractivity contribution in [2.75, 3.05) is 18.9 Å². The Morgan fingerprint density at radius 3 is 2.50 bits per heavy atom. The lowest BCUT2D eigenvalue weighted by molar-refractivity contribution is 0.285. The summed E-state index contributed by atoms with van der Waals surface area (Å²) in [5, 5.41) is 8.53. The number of anilines is 1. The smallest absolute Gasteiger partial charge is 0.243 e. The van der Waals surface area contributed by atoms with Crippen LogP contribution in [0.15, 0.2) is 17.0 Å². The van der Waals surface area contributed by atoms with E-state index in [1.807, 2.05) is 0 Å². The second-order valence-electron chi connectivity index (χ2n) is 3.63. The first kappa shape index (κ1) is 14.8. The average Bonchev–Trinajstić information content (AvgIpc) is 2.29. The van der Waals surface area contributed by atoms with Crippen molar-refractivity contribution in [1.82, 2.24) is 4.72 Å². The standard InChI is InChI=1S/C10H14F2N2O3S/c11-7-5-8(12)10(6-9(7)13)18(16,17)14-3-1-2-4-15/h5-6,14-15H,1-4,13H2. The maximum atomic E-state index is 13.3. The topological polar surface area (TPSA) is 92.4 Å². The van der Waals surface area contributed by atoms with Crippen molar-refractivity contribution in [1.29, 1.82) is 0 Å². The van der Waals surface area contributed by atoms with E-state index in [9.17, 15) is 17.2 Å². The molecule has 0 aromatic heterocycles. The van der Waals surface area contributed by atoms with Crippen LogP contribution in [-0.4, -0.2) is 26.7 Å². The van der Waals surface area contributed by atoms with Gasteiger partial charge in [-0.05, 0) is 18.9 Å². The molecule has 4 N–H and O–H groups in total. The fraction of sp³-hybridized carbons (Fsp3) is 0.400. The van der Waals surface area contributed by atoms with Gasteiger partial charge in [-0.25, -0.2) is 21.9 Å². The first-order valence-corrected chi connectivity index (χ1v) is 6.72. The van der Waals surface area contributed by atoms with Gasteiger partial charge in [0.15, 0.2) is 0 Å². The van der Waals surface area contributed by atoms with Crippen LogP contribution in [0.4, 0.5) is 14.5 Å². The molecule has 0 heterocycles. The summed E-state index contributed by atoms with van der Waals surface area (Å²) in [6, 6.07) is 1.16. The predicted molar refractivity (Wildman–Crippen MR) is 62.3 cm³/mol. The van der Waals surface area contributed by atoms with Crippen molar-refractivity contribution < 1.29 is 22.3 Å². The molecule has 0 bridgehead atoms. The molecule has 0 fully saturated rings. The first-order valence-electron chi connectivity index (χ1n) is 5.23. The Morgan fingerprint density at radius 2 is 1.89 bits per heavy atom. The molecule has 0 atom stereocenters. The third-order valence-corrected chi connectivity index (χ3v) is 3.69. The van der Waals surface area contributed by atoms with Crippen LogP contribution in [0.2, 0.25) is 0 Å². The van der Waals surface area contributed by atoms with Crippen LogP contribution in [0.25, 0.3) is 0 Å². The van der Waals surface area contributed by atoms with E-state index in [2.05, 4.69) is 4.72 Å². The minimum Gasteiger partial charge on any atom is -0.396 e. The molecule has 0 amide bonds. The van der Waals surface area contributed by atoms with Crippen molar-refractivity contribution in [3.8, 4) is 0 Å². The normalized spacial score (nSPS) is 11.7. The average molecular weight is 280 g/mol. The quantitative estimate of drug-likeness (QED) is 0.525. The van der Waals surface area contributed by atoms with Crippen molar-refractivity contribution in [2.45, 2.75) is 17.7 Å². The van der Waals surface area contributed by atoms with E-state index >= 15 is 0 Å². The van der Waals surface area contributed by atoms with Crippen molar-refractivity contribution >= 4 is 15.7 Å². The Labute approximate surface area is 104 Å². The maximum absolute atomic E-state index is 13.3. The van der Waals surface area contributed by atoms with Gasteiger partial charge in [0.1, 0.15) is 16.5 Å². The van der Waals surface area contributed by atoms with Gasteiger partial charge in [-0.2, -0.15) is 0 Å². The van der Waals surface area contributed by atoms with E-state index in [-0.39, 0.29) is 13.2 Å². The minimum atomic E-state index is -4.06. The van der Waals surface area contributed by atoms with Crippen LogP contribution in [0.5, 0.6) is 0 Å². The van der Waals surface area contributed by atoms with Crippen molar-refractivity contribution in [2.24, 2.45) is 0 Å². The summed E-state index contributed by atoms with van der Waals surface area (Å²) in [4.78, 5) is -0.689. The molecule has 0 unspecified atom stereocenters. The number of hydrogen-bond donors (Lipinski definition) is 3. The highest BCUT2D eigenvalue weighted by Gasteiger charge is 2.20. The highest BCUT2D eigenvalue weighted by molar-refractivity contribution is 7.89. The van der Waals surface area contributed by atoms with Gasteiger partial charge in [0.2, 0.25) is 10.0 Å². The SMILES string of the molecule is Nc1cc(S(=O)(=O)NCCCCO)c(F)cc1F. The molecule has 0 aliphatic rings. The molecule has 5 nitrogen and oxygen atoms in total. The molecule has 0 saturated heterocycles. The number of aliphatic hydroxyl groups excluding tert-OH is 1. The number of unbranched alkanes of at least 4 members (excludes halogenated alkanes) is 1. The van der Waals surface area contributed by atoms with Gasteiger partial charge < -0.3 is 10.8 Å². The van der Waals surface area contributed by atoms with Crippen LogP contribution < -0.4 is 10.5 Å². The number of rotatable bonds is 6. The van der Waals surface area contributed by atoms with Gasteiger partial charge in [-0.15, -0.1) is 0 Å². The fourth-order valence-electron chi connectivity index (χ4n) is 1.27. The number of aliphatic hydroxyl groups is 1. The van der Waals surface area contributed by atoms with Crippen LogP contribution in [0, 0.1) is 11.6 Å². The van der Waals surface area contributed by atoms with Gasteiger partial charge >= 0.3 is 0 Å². The third-order valence-electron chi connectivity index (χ3n) is 2.22. The monoisotopic (exact) mass is 280 g/mol. The second-order valence-corrected chi connectivity index (χ2v) is 5.37. The molecule has 8 heteroatoms. The van der Waals surface area contributed by atoms with Crippen molar-refractivity contribution in [3.63, 3.8) is 0 Å². The highest BCUT2D eigenvalue weighted by atomic mass is 32.2. The predicted octanol–water partition coefficient (Wildman–Crippen LogP) is 0.598. The van der Waals surface area contributed by atoms with Crippen LogP contribution in [0.1, 0.15) is 12.8 Å². The zero-order chi connectivity index (χ0) is 13.8. The molecule has 102 valence electrons. The molecule has 1 aromatic rings. The number of halogens is 2. The lowest BCUT2D eigenvalue weighted by Crippen LogP contribution is -2.26. The molecular formula is C10H14F2N2O3S. The Kier molecular flexibility index (Phi) is 5.00. The van der Waals surface area contributed by atoms with Gasteiger partial charge in [0.05, 0.1) is 5.69 Å². The van der Waals surface area contributed by atoms with E-state index in [1.54, 1.807) is 0 Å². The van der Waals surface area contributed by atoms with Crippen LogP contribution in [-0.2, 0) is 10.0 Å². The molecular weight excluding hydrogens is 266 g/mol. The zero-order valence-electron chi connectivity index (χ0n) is 9.49. The highest BCUT2D eigenvalue weighted by Crippen LogP contribution is 2.20. The number of hydrogen-bond acceptors (Lipinski definition) is 4. The van der Waals surface area contributed by atoms with Gasteiger partial charge in [0, 0.05) is 19.2 Å². The van der Waals surface area contributed by atoms with Gasteiger partial charge in [0.25, 0.3) is 0 Å². The summed E-state index contributed by atoms with van der Waals surface area (Å²) in [6.07, 6.45) is 0.838. The number of nitrogen functional groups attached to an aromatic ring is 1. The Balaban J connectivity index is 2.88. The number of nitrogens with two attached hydrogens (primary N) is 1. The molecule has 0 saturated carbocycles. The second kappa shape index (κ2) is 6.07. The van der Waals surface area contributed by atoms with E-state index in [1.165, 1.54) is 0 Å². The Morgan fingerprint density at radius 1 is 1.22 bits per heavy atom. The van der Waals surface area contributed by atoms with Crippen molar-refractivity contribution in [3.05, 3.63) is 23.8 Å². The summed E-state index contributed by atoms with van der Waals surface area (Å²) in [5.41, 5.74) is 4.76. The van der Waals surface area contributed by atoms with E-state index < -0.39 is 32.2 Å². The largest absolute Gasteiger partial charge is 0.396 e. The zero-order valence-corrected chi connectivity index (χ0v) is 10.3. The number of sulfonamides is 1. The summed E-state index contributed by atoms with van der Waals surface area (Å²) in [6.45, 7) is -0.000794. The summed E-state index contributed by atoms with van der Waals surface area (Å²) in [5.74, 6) is -2.21. The van der Waals surface area contributed by atoms with Crippen LogP contribution >= 0.6 is 0 Å². The third kappa shape index (κ3) is 3.62. The lowest BCUT2D eigenvalue weighted by atomic mass is 10.3. The molecule has 0 aliphatic heterocycles. The Hall–Kier alpha value is -1.25. The molecule has 0 radical (unpaired) electrons. The number of nitrogens with one attached hydrogen (secondary N) is 1. The minimum absolute atomic E-state index is 0.0552. The summed E-state index contributed by atoms with van der Waals surface area (Å²) in [7, 11) is -4.06. The molecule has 0 spiro atoms. The molecule has 0 aliphatic carbocycles. The van der Waals surface area contributed by atoms with E-state index in [0.717, 1.165) is 6.07 Å². The molecule has 1 rings (SSSR count). The fourth-order valence-corrected chi connectivity index (χ4v) is 2.44. The first-order chi connectivity index (χ1) is 8.38. The van der Waals surface area contributed by atoms with Gasteiger partial charge in [-0.3, -0.25) is 0 Å². The Bertz CT molecular complexity index is 520. The van der Waals surface area contributed by atoms with E-state index in [0.29, 0.717) is 18.9 Å². The van der Waals surface area contributed by atoms with Crippen LogP contribution in [0.3, 0.4) is 0 Å². The van der Waals surface area contributed by atoms with Gasteiger partial charge in [-0.1, -0.05) is 0 Å². The lowest BCUT2D eigenvalue weighted by Gasteiger charge is -2.08. The maximum Gasteiger partial charge on any atom is 0.243 e. The van der Waals surface area contributed by atoms with E-state index in [4.69, 9.17) is 10.8 Å². The number of benzene rings is 1. The summed E-state index contributed by atoms with van der Waals surface area (Å²) >= 11 is 0. The molecule has 1 aromatic carbocycles. The molecule has 18 heavy (non-hydrogen) atoms. The summed E-state index contributed by atoms with van der Waals surface area (Å²) < 4.78 is 51.8.